The van der Waals surface area contributed by atoms with Crippen LogP contribution in [0.15, 0.2) is 121 Å². The quantitative estimate of drug-likeness (QED) is 0.411. The molecule has 0 aliphatic heterocycles. The van der Waals surface area contributed by atoms with Crippen LogP contribution in [0, 0.1) is 0 Å². The van der Waals surface area contributed by atoms with Gasteiger partial charge in [0.2, 0.25) is 0 Å². The first kappa shape index (κ1) is 18.6. The molecule has 0 bridgehead atoms. The molecule has 2 heteroatoms. The topological polar surface area (TPSA) is 9.23 Å². The Hall–Kier alpha value is -2.73. The Balaban J connectivity index is 1.98. The first-order chi connectivity index (χ1) is 13.7. The van der Waals surface area contributed by atoms with E-state index in [1.165, 1.54) is 21.5 Å². The van der Waals surface area contributed by atoms with E-state index in [0.717, 1.165) is 0 Å². The van der Waals surface area contributed by atoms with Crippen molar-refractivity contribution in [3.63, 3.8) is 0 Å². The summed E-state index contributed by atoms with van der Waals surface area (Å²) < 4.78 is 7.09. The van der Waals surface area contributed by atoms with Gasteiger partial charge in [0.15, 0.2) is 0 Å². The first-order valence-electron chi connectivity index (χ1n) is 9.59. The van der Waals surface area contributed by atoms with E-state index < -0.39 is 6.83 Å². The fourth-order valence-electron chi connectivity index (χ4n) is 3.84. The average molecular weight is 384 g/mol. The van der Waals surface area contributed by atoms with Crippen LogP contribution < -0.4 is 15.9 Å². The zero-order chi connectivity index (χ0) is 19.3. The van der Waals surface area contributed by atoms with Gasteiger partial charge in [0.05, 0.1) is 0 Å². The van der Waals surface area contributed by atoms with Crippen LogP contribution in [0.1, 0.15) is 5.56 Å². The van der Waals surface area contributed by atoms with Gasteiger partial charge in [-0.05, 0) is 0 Å². The van der Waals surface area contributed by atoms with Crippen LogP contribution in [0.3, 0.4) is 0 Å². The van der Waals surface area contributed by atoms with Crippen molar-refractivity contribution >= 4 is 22.7 Å². The van der Waals surface area contributed by atoms with E-state index in [9.17, 15) is 0 Å². The van der Waals surface area contributed by atoms with Crippen molar-refractivity contribution in [2.45, 2.75) is 6.61 Å². The molecule has 1 nitrogen and oxygen atoms in total. The summed E-state index contributed by atoms with van der Waals surface area (Å²) in [6.07, 6.45) is 0. The van der Waals surface area contributed by atoms with Crippen molar-refractivity contribution in [3.8, 4) is 0 Å². The average Bonchev–Trinajstić information content (AvgIpc) is 2.80. The molecule has 0 unspecified atom stereocenters. The fourth-order valence-corrected chi connectivity index (χ4v) is 8.33. The van der Waals surface area contributed by atoms with E-state index in [1.807, 2.05) is 6.07 Å². The van der Waals surface area contributed by atoms with Gasteiger partial charge >= 0.3 is 167 Å². The second-order valence-electron chi connectivity index (χ2n) is 7.23. The second-order valence-corrected chi connectivity index (χ2v) is 12.0. The van der Waals surface area contributed by atoms with Gasteiger partial charge in [-0.15, -0.1) is 0 Å². The summed E-state index contributed by atoms with van der Waals surface area (Å²) in [5, 5.41) is 3.71. The Morgan fingerprint density at radius 3 is 1.18 bits per heavy atom. The zero-order valence-corrected chi connectivity index (χ0v) is 17.0. The van der Waals surface area contributed by atoms with Crippen molar-refractivity contribution in [3.05, 3.63) is 127 Å². The normalized spacial score (nSPS) is 12.8. The molecule has 0 heterocycles. The molecule has 0 atom stereocenters. The van der Waals surface area contributed by atoms with Gasteiger partial charge in [0.1, 0.15) is 0 Å². The Labute approximate surface area is 167 Å². The number of hydrogen-bond donors (Lipinski definition) is 0. The van der Waals surface area contributed by atoms with Gasteiger partial charge in [-0.3, -0.25) is 0 Å². The summed E-state index contributed by atoms with van der Waals surface area (Å²) in [4.78, 5) is 0. The van der Waals surface area contributed by atoms with E-state index in [1.54, 1.807) is 0 Å². The Morgan fingerprint density at radius 2 is 0.821 bits per heavy atom. The summed E-state index contributed by atoms with van der Waals surface area (Å²) >= 11 is 0. The van der Waals surface area contributed by atoms with Crippen LogP contribution in [0.4, 0.5) is 0 Å². The molecule has 0 saturated carbocycles. The monoisotopic (exact) mass is 384 g/mol. The molecule has 0 amide bonds. The molecule has 4 aromatic rings. The van der Waals surface area contributed by atoms with Crippen molar-refractivity contribution in [1.82, 2.24) is 0 Å². The molecular formula is C26H25OP. The molecule has 0 spiro atoms. The summed E-state index contributed by atoms with van der Waals surface area (Å²) in [7, 11) is 0. The predicted octanol–water partition coefficient (Wildman–Crippen LogP) is 5.28. The van der Waals surface area contributed by atoms with Gasteiger partial charge in [0, 0.05) is 0 Å². The zero-order valence-electron chi connectivity index (χ0n) is 16.1. The first-order valence-corrected chi connectivity index (χ1v) is 12.2. The van der Waals surface area contributed by atoms with Crippen LogP contribution >= 0.6 is 6.83 Å². The summed E-state index contributed by atoms with van der Waals surface area (Å²) in [5.74, 6) is 0. The van der Waals surface area contributed by atoms with Crippen LogP contribution in [-0.4, -0.2) is 6.66 Å². The third kappa shape index (κ3) is 3.18. The maximum atomic E-state index is 7.09. The van der Waals surface area contributed by atoms with E-state index in [4.69, 9.17) is 4.52 Å². The maximum absolute atomic E-state index is 7.09. The van der Waals surface area contributed by atoms with E-state index in [-0.39, 0.29) is 0 Å². The van der Waals surface area contributed by atoms with Gasteiger partial charge < -0.3 is 0 Å². The minimum absolute atomic E-state index is 0.563. The SMILES string of the molecule is CP(OCc1ccccc1)(c1ccccc1)(c1ccccc1)c1ccccc1. The number of hydrogen-bond acceptors (Lipinski definition) is 1. The molecule has 0 N–H and O–H groups in total. The van der Waals surface area contributed by atoms with E-state index in [0.29, 0.717) is 6.61 Å². The van der Waals surface area contributed by atoms with Crippen LogP contribution in [0.5, 0.6) is 0 Å². The number of rotatable bonds is 6. The predicted molar refractivity (Wildman–Crippen MR) is 122 cm³/mol. The second kappa shape index (κ2) is 7.72. The molecule has 0 aliphatic carbocycles. The van der Waals surface area contributed by atoms with E-state index >= 15 is 0 Å². The Kier molecular flexibility index (Phi) is 5.13. The summed E-state index contributed by atoms with van der Waals surface area (Å²) in [6, 6.07) is 42.6. The number of benzene rings is 4. The summed E-state index contributed by atoms with van der Waals surface area (Å²) in [5.41, 5.74) is 1.18. The van der Waals surface area contributed by atoms with Crippen molar-refractivity contribution in [2.24, 2.45) is 0 Å². The van der Waals surface area contributed by atoms with Crippen LogP contribution in [0.2, 0.25) is 0 Å². The molecule has 0 radical (unpaired) electrons. The Bertz CT molecular complexity index is 916. The molecule has 140 valence electrons. The molecule has 0 fully saturated rings. The van der Waals surface area contributed by atoms with Crippen LogP contribution in [0.25, 0.3) is 0 Å². The molecule has 0 aliphatic rings. The summed E-state index contributed by atoms with van der Waals surface area (Å²) in [6.45, 7) is -0.229. The van der Waals surface area contributed by atoms with Gasteiger partial charge in [0.25, 0.3) is 0 Å². The Morgan fingerprint density at radius 1 is 0.500 bits per heavy atom. The molecule has 4 rings (SSSR count). The van der Waals surface area contributed by atoms with Crippen molar-refractivity contribution in [1.29, 1.82) is 0 Å². The molecule has 28 heavy (non-hydrogen) atoms. The fraction of sp³-hybridized carbons (Fsp3) is 0.0769. The van der Waals surface area contributed by atoms with Gasteiger partial charge in [-0.2, -0.15) is 0 Å². The minimum atomic E-state index is -3.12. The molecular weight excluding hydrogens is 359 g/mol. The van der Waals surface area contributed by atoms with Crippen molar-refractivity contribution < 1.29 is 4.52 Å². The van der Waals surface area contributed by atoms with Crippen LogP contribution in [-0.2, 0) is 11.1 Å². The van der Waals surface area contributed by atoms with Gasteiger partial charge in [-0.1, -0.05) is 0 Å². The van der Waals surface area contributed by atoms with E-state index in [2.05, 4.69) is 122 Å². The molecule has 0 saturated heterocycles. The third-order valence-corrected chi connectivity index (χ3v) is 10.9. The van der Waals surface area contributed by atoms with Crippen molar-refractivity contribution in [2.75, 3.05) is 6.66 Å². The standard InChI is InChI=1S/C26H25OP/c1-28(24-16-8-3-9-17-24,25-18-10-4-11-19-25,26-20-12-5-13-21-26)27-22-23-14-6-2-7-15-23/h2-21H,22H2,1H3. The third-order valence-electron chi connectivity index (χ3n) is 5.53. The molecule has 4 aromatic carbocycles. The van der Waals surface area contributed by atoms with Gasteiger partial charge in [-0.25, -0.2) is 0 Å². The molecule has 0 aromatic heterocycles.